The van der Waals surface area contributed by atoms with Crippen LogP contribution in [0.15, 0.2) is 18.2 Å². The number of benzene rings is 1. The van der Waals surface area contributed by atoms with Crippen LogP contribution in [0.5, 0.6) is 11.5 Å². The number of ether oxygens (including phenoxy) is 2. The third-order valence-corrected chi connectivity index (χ3v) is 3.78. The van der Waals surface area contributed by atoms with Gasteiger partial charge in [0.1, 0.15) is 17.1 Å². The van der Waals surface area contributed by atoms with Gasteiger partial charge in [0.2, 0.25) is 5.91 Å². The first-order valence-corrected chi connectivity index (χ1v) is 7.25. The number of fused-ring (bicyclic) bond motifs is 1. The zero-order chi connectivity index (χ0) is 15.6. The van der Waals surface area contributed by atoms with Gasteiger partial charge in [-0.3, -0.25) is 4.79 Å². The van der Waals surface area contributed by atoms with Crippen molar-refractivity contribution in [2.24, 2.45) is 11.7 Å². The molecule has 0 aromatic heterocycles. The smallest absolute Gasteiger partial charge is 0.223 e. The molecule has 0 saturated heterocycles. The van der Waals surface area contributed by atoms with Crippen molar-refractivity contribution < 1.29 is 14.3 Å². The second-order valence-electron chi connectivity index (χ2n) is 6.22. The van der Waals surface area contributed by atoms with E-state index in [0.29, 0.717) is 5.75 Å². The van der Waals surface area contributed by atoms with Crippen LogP contribution in [-0.4, -0.2) is 25.2 Å². The molecule has 1 aliphatic heterocycles. The Hall–Kier alpha value is -1.75. The molecule has 0 bridgehead atoms. The summed E-state index contributed by atoms with van der Waals surface area (Å²) in [5.41, 5.74) is 6.14. The molecule has 0 aliphatic carbocycles. The summed E-state index contributed by atoms with van der Waals surface area (Å²) < 4.78 is 11.7. The second-order valence-corrected chi connectivity index (χ2v) is 6.22. The van der Waals surface area contributed by atoms with E-state index in [1.165, 1.54) is 0 Å². The Balaban J connectivity index is 2.16. The molecule has 2 atom stereocenters. The van der Waals surface area contributed by atoms with Crippen LogP contribution in [0.4, 0.5) is 0 Å². The first-order chi connectivity index (χ1) is 9.82. The van der Waals surface area contributed by atoms with Crippen LogP contribution in [0.1, 0.15) is 38.8 Å². The Labute approximate surface area is 125 Å². The Morgan fingerprint density at radius 3 is 2.90 bits per heavy atom. The molecule has 1 aliphatic rings. The molecule has 2 unspecified atom stereocenters. The molecule has 0 spiro atoms. The largest absolute Gasteiger partial charge is 0.493 e. The van der Waals surface area contributed by atoms with Gasteiger partial charge in [0.25, 0.3) is 0 Å². The number of hydrogen-bond acceptors (Lipinski definition) is 4. The SMILES string of the molecule is CNC1CC(C)(C)Oc2cc(OCC(C)C(N)=O)ccc21. The molecule has 0 saturated carbocycles. The highest BCUT2D eigenvalue weighted by Gasteiger charge is 2.33. The zero-order valence-corrected chi connectivity index (χ0v) is 13.1. The molecular weight excluding hydrogens is 268 g/mol. The highest BCUT2D eigenvalue weighted by atomic mass is 16.5. The minimum Gasteiger partial charge on any atom is -0.493 e. The molecule has 1 amide bonds. The maximum Gasteiger partial charge on any atom is 0.223 e. The Bertz CT molecular complexity index is 528. The Morgan fingerprint density at radius 1 is 1.57 bits per heavy atom. The lowest BCUT2D eigenvalue weighted by Crippen LogP contribution is -2.38. The third kappa shape index (κ3) is 3.67. The topological polar surface area (TPSA) is 73.6 Å². The van der Waals surface area contributed by atoms with Crippen LogP contribution >= 0.6 is 0 Å². The van der Waals surface area contributed by atoms with E-state index in [-0.39, 0.29) is 30.1 Å². The van der Waals surface area contributed by atoms with Crippen molar-refractivity contribution in [1.29, 1.82) is 0 Å². The van der Waals surface area contributed by atoms with Gasteiger partial charge in [-0.2, -0.15) is 0 Å². The van der Waals surface area contributed by atoms with Crippen molar-refractivity contribution in [2.75, 3.05) is 13.7 Å². The summed E-state index contributed by atoms with van der Waals surface area (Å²) in [4.78, 5) is 11.0. The van der Waals surface area contributed by atoms with E-state index < -0.39 is 0 Å². The summed E-state index contributed by atoms with van der Waals surface area (Å²) >= 11 is 0. The summed E-state index contributed by atoms with van der Waals surface area (Å²) in [5.74, 6) is 0.841. The van der Waals surface area contributed by atoms with Gasteiger partial charge in [0.05, 0.1) is 12.5 Å². The predicted octanol–water partition coefficient (Wildman–Crippen LogP) is 2.01. The lowest BCUT2D eigenvalue weighted by molar-refractivity contribution is -0.122. The van der Waals surface area contributed by atoms with Crippen molar-refractivity contribution in [1.82, 2.24) is 5.32 Å². The van der Waals surface area contributed by atoms with Crippen molar-refractivity contribution in [2.45, 2.75) is 38.8 Å². The summed E-state index contributed by atoms with van der Waals surface area (Å²) in [5, 5.41) is 3.32. The number of nitrogens with two attached hydrogens (primary N) is 1. The van der Waals surface area contributed by atoms with Crippen LogP contribution in [0.2, 0.25) is 0 Å². The molecule has 0 fully saturated rings. The summed E-state index contributed by atoms with van der Waals surface area (Å²) in [6.07, 6.45) is 0.912. The number of amides is 1. The molecule has 116 valence electrons. The highest BCUT2D eigenvalue weighted by molar-refractivity contribution is 5.76. The van der Waals surface area contributed by atoms with Gasteiger partial charge in [-0.05, 0) is 27.0 Å². The van der Waals surface area contributed by atoms with Gasteiger partial charge in [0, 0.05) is 24.1 Å². The Morgan fingerprint density at radius 2 is 2.29 bits per heavy atom. The number of carbonyl (C=O) groups excluding carboxylic acids is 1. The average molecular weight is 292 g/mol. The van der Waals surface area contributed by atoms with Crippen LogP contribution < -0.4 is 20.5 Å². The van der Waals surface area contributed by atoms with E-state index in [9.17, 15) is 4.79 Å². The van der Waals surface area contributed by atoms with E-state index in [4.69, 9.17) is 15.2 Å². The van der Waals surface area contributed by atoms with Gasteiger partial charge in [-0.1, -0.05) is 13.0 Å². The minimum atomic E-state index is -0.361. The fourth-order valence-electron chi connectivity index (χ4n) is 2.48. The lowest BCUT2D eigenvalue weighted by Gasteiger charge is -2.37. The number of carbonyl (C=O) groups is 1. The number of hydrogen-bond donors (Lipinski definition) is 2. The average Bonchev–Trinajstić information content (AvgIpc) is 2.42. The van der Waals surface area contributed by atoms with Crippen molar-refractivity contribution in [3.63, 3.8) is 0 Å². The second kappa shape index (κ2) is 5.93. The summed E-state index contributed by atoms with van der Waals surface area (Å²) in [6.45, 7) is 6.16. The Kier molecular flexibility index (Phi) is 4.42. The van der Waals surface area contributed by atoms with Crippen molar-refractivity contribution in [3.05, 3.63) is 23.8 Å². The van der Waals surface area contributed by atoms with Crippen LogP contribution in [-0.2, 0) is 4.79 Å². The van der Waals surface area contributed by atoms with E-state index in [2.05, 4.69) is 19.2 Å². The first-order valence-electron chi connectivity index (χ1n) is 7.25. The number of nitrogens with one attached hydrogen (secondary N) is 1. The molecule has 21 heavy (non-hydrogen) atoms. The minimum absolute atomic E-state index is 0.222. The van der Waals surface area contributed by atoms with Crippen LogP contribution in [0.3, 0.4) is 0 Å². The van der Waals surface area contributed by atoms with Crippen LogP contribution in [0, 0.1) is 5.92 Å². The molecule has 3 N–H and O–H groups in total. The van der Waals surface area contributed by atoms with Crippen LogP contribution in [0.25, 0.3) is 0 Å². The maximum absolute atomic E-state index is 11.0. The molecule has 0 radical (unpaired) electrons. The molecule has 5 heteroatoms. The standard InChI is InChI=1S/C16H24N2O3/c1-10(15(17)19)9-20-11-5-6-12-13(18-4)8-16(2,3)21-14(12)7-11/h5-7,10,13,18H,8-9H2,1-4H3,(H2,17,19). The molecule has 1 aromatic carbocycles. The van der Waals surface area contributed by atoms with E-state index in [1.54, 1.807) is 6.92 Å². The number of rotatable bonds is 5. The molecule has 1 heterocycles. The van der Waals surface area contributed by atoms with Gasteiger partial charge in [-0.25, -0.2) is 0 Å². The van der Waals surface area contributed by atoms with Gasteiger partial charge in [-0.15, -0.1) is 0 Å². The fourth-order valence-corrected chi connectivity index (χ4v) is 2.48. The highest BCUT2D eigenvalue weighted by Crippen LogP contribution is 2.40. The van der Waals surface area contributed by atoms with Gasteiger partial charge in [0.15, 0.2) is 0 Å². The molecular formula is C16H24N2O3. The van der Waals surface area contributed by atoms with E-state index in [1.807, 2.05) is 25.2 Å². The quantitative estimate of drug-likeness (QED) is 0.870. The maximum atomic E-state index is 11.0. The monoisotopic (exact) mass is 292 g/mol. The van der Waals surface area contributed by atoms with Gasteiger partial charge < -0.3 is 20.5 Å². The fraction of sp³-hybridized carbons (Fsp3) is 0.562. The number of primary amides is 1. The zero-order valence-electron chi connectivity index (χ0n) is 13.1. The third-order valence-electron chi connectivity index (χ3n) is 3.78. The molecule has 2 rings (SSSR count). The van der Waals surface area contributed by atoms with Crippen molar-refractivity contribution in [3.8, 4) is 11.5 Å². The predicted molar refractivity (Wildman–Crippen MR) is 81.4 cm³/mol. The van der Waals surface area contributed by atoms with E-state index >= 15 is 0 Å². The first kappa shape index (κ1) is 15.6. The van der Waals surface area contributed by atoms with Crippen molar-refractivity contribution >= 4 is 5.91 Å². The molecule has 1 aromatic rings. The summed E-state index contributed by atoms with van der Waals surface area (Å²) in [6, 6.07) is 6.06. The molecule has 5 nitrogen and oxygen atoms in total. The summed E-state index contributed by atoms with van der Waals surface area (Å²) in [7, 11) is 1.95. The van der Waals surface area contributed by atoms with Gasteiger partial charge >= 0.3 is 0 Å². The normalized spacial score (nSPS) is 21.0. The lowest BCUT2D eigenvalue weighted by atomic mass is 9.90. The van der Waals surface area contributed by atoms with E-state index in [0.717, 1.165) is 17.7 Å².